The van der Waals surface area contributed by atoms with E-state index in [9.17, 15) is 19.5 Å². The maximum Gasteiger partial charge on any atom is 0.336 e. The Kier molecular flexibility index (Phi) is 8.75. The minimum atomic E-state index is -0.796. The van der Waals surface area contributed by atoms with E-state index in [0.29, 0.717) is 37.3 Å². The summed E-state index contributed by atoms with van der Waals surface area (Å²) in [5.41, 5.74) is 2.14. The smallest absolute Gasteiger partial charge is 0.336 e. The highest BCUT2D eigenvalue weighted by Crippen LogP contribution is 2.40. The molecule has 2 aliphatic rings. The molecule has 2 aromatic carbocycles. The summed E-state index contributed by atoms with van der Waals surface area (Å²) in [6.45, 7) is 2.76. The quantitative estimate of drug-likeness (QED) is 0.223. The molecule has 1 aliphatic carbocycles. The average molecular weight is 600 g/mol. The molecule has 2 aromatic heterocycles. The van der Waals surface area contributed by atoms with Crippen molar-refractivity contribution in [2.75, 3.05) is 19.7 Å². The molecule has 0 spiro atoms. The molecule has 0 bridgehead atoms. The van der Waals surface area contributed by atoms with Crippen molar-refractivity contribution in [1.29, 1.82) is 0 Å². The molecular formula is C35H41N3O6. The van der Waals surface area contributed by atoms with Gasteiger partial charge in [0.2, 0.25) is 5.91 Å². The zero-order valence-electron chi connectivity index (χ0n) is 25.3. The first-order valence-corrected chi connectivity index (χ1v) is 15.9. The topological polar surface area (TPSA) is 125 Å². The number of aromatic nitrogens is 1. The Labute approximate surface area is 256 Å². The summed E-state index contributed by atoms with van der Waals surface area (Å²) in [4.78, 5) is 44.4. The third-order valence-electron chi connectivity index (χ3n) is 9.44. The van der Waals surface area contributed by atoms with E-state index < -0.39 is 23.2 Å². The van der Waals surface area contributed by atoms with E-state index in [-0.39, 0.29) is 18.4 Å². The van der Waals surface area contributed by atoms with Gasteiger partial charge in [0.15, 0.2) is 6.61 Å². The summed E-state index contributed by atoms with van der Waals surface area (Å²) < 4.78 is 11.2. The number of amides is 2. The molecule has 2 fully saturated rings. The minimum Gasteiger partial charge on any atom is -0.484 e. The second kappa shape index (κ2) is 12.9. The summed E-state index contributed by atoms with van der Waals surface area (Å²) in [6, 6.07) is 13.9. The Morgan fingerprint density at radius 1 is 1.14 bits per heavy atom. The van der Waals surface area contributed by atoms with Crippen molar-refractivity contribution >= 4 is 33.7 Å². The van der Waals surface area contributed by atoms with Crippen LogP contribution in [-0.2, 0) is 22.4 Å². The lowest BCUT2D eigenvalue weighted by atomic mass is 9.71. The van der Waals surface area contributed by atoms with Crippen LogP contribution in [0, 0.1) is 5.92 Å². The van der Waals surface area contributed by atoms with Gasteiger partial charge in [-0.2, -0.15) is 0 Å². The number of unbranched alkanes of at least 4 members (excludes halogenated alkanes) is 1. The molecule has 0 unspecified atom stereocenters. The number of aliphatic hydroxyl groups is 1. The fourth-order valence-electron chi connectivity index (χ4n) is 6.97. The fraction of sp³-hybridized carbons (Fsp3) is 0.457. The van der Waals surface area contributed by atoms with Crippen molar-refractivity contribution in [3.05, 3.63) is 76.3 Å². The second-order valence-corrected chi connectivity index (χ2v) is 12.4. The normalized spacial score (nSPS) is 20.8. The molecular weight excluding hydrogens is 558 g/mol. The molecule has 1 saturated heterocycles. The number of nitrogens with one attached hydrogen (secondary N) is 2. The number of para-hydroxylation sites is 1. The maximum absolute atomic E-state index is 14.0. The summed E-state index contributed by atoms with van der Waals surface area (Å²) in [7, 11) is 0. The Bertz CT molecular complexity index is 1710. The van der Waals surface area contributed by atoms with Crippen LogP contribution in [0.25, 0.3) is 21.9 Å². The van der Waals surface area contributed by atoms with Crippen molar-refractivity contribution in [2.45, 2.75) is 76.4 Å². The SMILES string of the molecule is CCCCc1cc(=O)oc2cc(OCC(=O)N[C@@H](Cc3c[nH]c4ccccc34)C(=O)N3CC[C@@]4(O)CCCC[C@@H]4C3)ccc12. The number of likely N-dealkylation sites (tertiary alicyclic amines) is 1. The summed E-state index contributed by atoms with van der Waals surface area (Å²) >= 11 is 0. The molecule has 44 heavy (non-hydrogen) atoms. The number of hydrogen-bond acceptors (Lipinski definition) is 6. The molecule has 232 valence electrons. The molecule has 0 radical (unpaired) electrons. The number of aryl methyl sites for hydroxylation is 1. The van der Waals surface area contributed by atoms with E-state index >= 15 is 0 Å². The van der Waals surface area contributed by atoms with E-state index in [4.69, 9.17) is 9.15 Å². The largest absolute Gasteiger partial charge is 0.484 e. The standard InChI is InChI=1S/C35H41N3O6/c1-2-3-8-23-18-33(40)44-31-19-26(12-13-28(23)31)43-22-32(39)37-30(17-24-20-36-29-11-5-4-10-27(24)29)34(41)38-16-15-35(42)14-7-6-9-25(35)21-38/h4-5,10-13,18-20,25,30,36,42H,2-3,6-9,14-17,21-22H2,1H3,(H,37,39)/t25-,30+,35+/m1/s1. The summed E-state index contributed by atoms with van der Waals surface area (Å²) in [6.07, 6.45) is 9.29. The number of benzene rings is 2. The molecule has 2 amide bonds. The lowest BCUT2D eigenvalue weighted by Gasteiger charge is -2.48. The van der Waals surface area contributed by atoms with Crippen LogP contribution in [0.4, 0.5) is 0 Å². The van der Waals surface area contributed by atoms with Crippen LogP contribution in [-0.4, -0.2) is 58.1 Å². The number of carbonyl (C=O) groups excluding carboxylic acids is 2. The van der Waals surface area contributed by atoms with Crippen LogP contribution in [0.15, 0.2) is 63.9 Å². The highest BCUT2D eigenvalue weighted by molar-refractivity contribution is 5.90. The summed E-state index contributed by atoms with van der Waals surface area (Å²) in [5.74, 6) is -0.122. The Hall–Kier alpha value is -4.11. The number of carbonyl (C=O) groups is 2. The first-order valence-electron chi connectivity index (χ1n) is 15.9. The highest BCUT2D eigenvalue weighted by atomic mass is 16.5. The van der Waals surface area contributed by atoms with Crippen molar-refractivity contribution in [3.8, 4) is 5.75 Å². The fourth-order valence-corrected chi connectivity index (χ4v) is 6.97. The van der Waals surface area contributed by atoms with Gasteiger partial charge in [0.25, 0.3) is 5.91 Å². The number of H-pyrrole nitrogens is 1. The van der Waals surface area contributed by atoms with Crippen LogP contribution in [0.2, 0.25) is 0 Å². The number of fused-ring (bicyclic) bond motifs is 3. The van der Waals surface area contributed by atoms with Crippen LogP contribution in [0.1, 0.15) is 63.0 Å². The first kappa shape index (κ1) is 29.9. The molecule has 4 aromatic rings. The van der Waals surface area contributed by atoms with E-state index in [1.807, 2.05) is 41.4 Å². The number of rotatable bonds is 10. The van der Waals surface area contributed by atoms with Gasteiger partial charge in [-0.25, -0.2) is 4.79 Å². The van der Waals surface area contributed by atoms with Crippen molar-refractivity contribution in [1.82, 2.24) is 15.2 Å². The zero-order chi connectivity index (χ0) is 30.7. The van der Waals surface area contributed by atoms with E-state index in [1.165, 1.54) is 6.07 Å². The Morgan fingerprint density at radius 3 is 2.86 bits per heavy atom. The van der Waals surface area contributed by atoms with Crippen LogP contribution >= 0.6 is 0 Å². The third kappa shape index (κ3) is 6.38. The molecule has 3 heterocycles. The van der Waals surface area contributed by atoms with Gasteiger partial charge in [-0.3, -0.25) is 9.59 Å². The van der Waals surface area contributed by atoms with Crippen LogP contribution < -0.4 is 15.7 Å². The number of hydrogen-bond donors (Lipinski definition) is 3. The van der Waals surface area contributed by atoms with E-state index in [1.54, 1.807) is 12.1 Å². The first-order chi connectivity index (χ1) is 21.3. The molecule has 3 N–H and O–H groups in total. The molecule has 1 aliphatic heterocycles. The number of ether oxygens (including phenoxy) is 1. The molecule has 6 rings (SSSR count). The predicted molar refractivity (Wildman–Crippen MR) is 169 cm³/mol. The predicted octanol–water partition coefficient (Wildman–Crippen LogP) is 4.88. The number of nitrogens with zero attached hydrogens (tertiary/aromatic N) is 1. The van der Waals surface area contributed by atoms with Gasteiger partial charge >= 0.3 is 5.63 Å². The number of piperidine rings is 1. The van der Waals surface area contributed by atoms with Crippen LogP contribution in [0.5, 0.6) is 5.75 Å². The Morgan fingerprint density at radius 2 is 2.00 bits per heavy atom. The van der Waals surface area contributed by atoms with Crippen molar-refractivity contribution < 1.29 is 23.8 Å². The van der Waals surface area contributed by atoms with Crippen LogP contribution in [0.3, 0.4) is 0 Å². The van der Waals surface area contributed by atoms with Gasteiger partial charge in [-0.1, -0.05) is 44.4 Å². The molecule has 9 nitrogen and oxygen atoms in total. The maximum atomic E-state index is 14.0. The van der Waals surface area contributed by atoms with Gasteiger partial charge in [0, 0.05) is 60.0 Å². The number of aromatic amines is 1. The third-order valence-corrected chi connectivity index (χ3v) is 9.44. The van der Waals surface area contributed by atoms with Crippen molar-refractivity contribution in [2.24, 2.45) is 5.92 Å². The molecule has 1 saturated carbocycles. The average Bonchev–Trinajstić information content (AvgIpc) is 3.44. The second-order valence-electron chi connectivity index (χ2n) is 12.4. The highest BCUT2D eigenvalue weighted by Gasteiger charge is 2.44. The van der Waals surface area contributed by atoms with Crippen molar-refractivity contribution in [3.63, 3.8) is 0 Å². The molecule has 3 atom stereocenters. The van der Waals surface area contributed by atoms with Gasteiger partial charge in [-0.15, -0.1) is 0 Å². The van der Waals surface area contributed by atoms with E-state index in [2.05, 4.69) is 17.2 Å². The lowest BCUT2D eigenvalue weighted by Crippen LogP contribution is -2.58. The van der Waals surface area contributed by atoms with Gasteiger partial charge in [0.05, 0.1) is 5.60 Å². The molecule has 9 heteroatoms. The van der Waals surface area contributed by atoms with E-state index in [0.717, 1.165) is 72.4 Å². The zero-order valence-corrected chi connectivity index (χ0v) is 25.3. The minimum absolute atomic E-state index is 0.0529. The Balaban J connectivity index is 1.17. The van der Waals surface area contributed by atoms with Gasteiger partial charge in [0.1, 0.15) is 17.4 Å². The monoisotopic (exact) mass is 599 g/mol. The summed E-state index contributed by atoms with van der Waals surface area (Å²) in [5, 5.41) is 16.0. The lowest BCUT2D eigenvalue weighted by molar-refractivity contribution is -0.147. The van der Waals surface area contributed by atoms with Gasteiger partial charge < -0.3 is 29.5 Å². The van der Waals surface area contributed by atoms with Gasteiger partial charge in [-0.05, 0) is 61.4 Å².